The molecule has 0 aliphatic carbocycles. The van der Waals surface area contributed by atoms with Crippen LogP contribution in [0.4, 0.5) is 5.82 Å². The Morgan fingerprint density at radius 2 is 1.92 bits per heavy atom. The summed E-state index contributed by atoms with van der Waals surface area (Å²) in [6, 6.07) is 13.0. The molecule has 132 valence electrons. The molecule has 6 nitrogen and oxygen atoms in total. The van der Waals surface area contributed by atoms with Crippen LogP contribution in [0.3, 0.4) is 0 Å². The first-order valence-electron chi connectivity index (χ1n) is 8.46. The Hall–Kier alpha value is -2.86. The fourth-order valence-corrected chi connectivity index (χ4v) is 3.28. The lowest BCUT2D eigenvalue weighted by Crippen LogP contribution is -2.48. The summed E-state index contributed by atoms with van der Waals surface area (Å²) >= 11 is 5.99. The highest BCUT2D eigenvalue weighted by molar-refractivity contribution is 6.30. The van der Waals surface area contributed by atoms with Gasteiger partial charge in [0.2, 0.25) is 0 Å². The Morgan fingerprint density at radius 1 is 1.08 bits per heavy atom. The van der Waals surface area contributed by atoms with Crippen LogP contribution in [0.1, 0.15) is 10.4 Å². The van der Waals surface area contributed by atoms with Crippen molar-refractivity contribution in [2.45, 2.75) is 0 Å². The van der Waals surface area contributed by atoms with Gasteiger partial charge in [0, 0.05) is 60.8 Å². The number of amides is 1. The maximum absolute atomic E-state index is 12.6. The second kappa shape index (κ2) is 7.17. The van der Waals surface area contributed by atoms with Gasteiger partial charge in [0.15, 0.2) is 5.82 Å². The Kier molecular flexibility index (Phi) is 4.58. The van der Waals surface area contributed by atoms with Crippen LogP contribution >= 0.6 is 11.6 Å². The van der Waals surface area contributed by atoms with Gasteiger partial charge in [0.25, 0.3) is 5.91 Å². The number of nitrogens with zero attached hydrogens (tertiary/aromatic N) is 4. The first kappa shape index (κ1) is 16.6. The molecule has 1 N–H and O–H groups in total. The van der Waals surface area contributed by atoms with Crippen LogP contribution in [0, 0.1) is 0 Å². The number of aromatic amines is 1. The average Bonchev–Trinajstić information content (AvgIpc) is 3.18. The van der Waals surface area contributed by atoms with Crippen molar-refractivity contribution in [1.82, 2.24) is 20.1 Å². The minimum Gasteiger partial charge on any atom is -0.352 e. The van der Waals surface area contributed by atoms with Gasteiger partial charge in [0.1, 0.15) is 0 Å². The predicted octanol–water partition coefficient (Wildman–Crippen LogP) is 3.09. The Balaban J connectivity index is 1.41. The van der Waals surface area contributed by atoms with Crippen molar-refractivity contribution in [1.29, 1.82) is 0 Å². The van der Waals surface area contributed by atoms with Crippen molar-refractivity contribution in [3.8, 4) is 11.3 Å². The van der Waals surface area contributed by atoms with E-state index in [1.807, 2.05) is 23.1 Å². The van der Waals surface area contributed by atoms with Gasteiger partial charge >= 0.3 is 0 Å². The summed E-state index contributed by atoms with van der Waals surface area (Å²) in [5.74, 6) is 0.906. The van der Waals surface area contributed by atoms with Gasteiger partial charge in [-0.3, -0.25) is 14.9 Å². The lowest BCUT2D eigenvalue weighted by atomic mass is 10.2. The van der Waals surface area contributed by atoms with Crippen LogP contribution in [0.5, 0.6) is 0 Å². The van der Waals surface area contributed by atoms with E-state index in [0.29, 0.717) is 23.7 Å². The summed E-state index contributed by atoms with van der Waals surface area (Å²) in [7, 11) is 0. The highest BCUT2D eigenvalue weighted by Crippen LogP contribution is 2.22. The number of hydrogen-bond donors (Lipinski definition) is 1. The molecule has 0 atom stereocenters. The predicted molar refractivity (Wildman–Crippen MR) is 101 cm³/mol. The molecule has 4 rings (SSSR count). The minimum absolute atomic E-state index is 0.0187. The van der Waals surface area contributed by atoms with E-state index in [1.54, 1.807) is 36.7 Å². The molecule has 1 saturated heterocycles. The number of pyridine rings is 1. The van der Waals surface area contributed by atoms with Crippen molar-refractivity contribution < 1.29 is 4.79 Å². The van der Waals surface area contributed by atoms with E-state index in [4.69, 9.17) is 11.6 Å². The number of anilines is 1. The first-order chi connectivity index (χ1) is 12.7. The van der Waals surface area contributed by atoms with Gasteiger partial charge in [-0.2, -0.15) is 5.10 Å². The summed E-state index contributed by atoms with van der Waals surface area (Å²) in [6.07, 6.45) is 3.55. The number of rotatable bonds is 3. The van der Waals surface area contributed by atoms with Crippen molar-refractivity contribution in [3.63, 3.8) is 0 Å². The monoisotopic (exact) mass is 367 g/mol. The van der Waals surface area contributed by atoms with Gasteiger partial charge in [0.05, 0.1) is 5.69 Å². The quantitative estimate of drug-likeness (QED) is 0.772. The third-order valence-electron chi connectivity index (χ3n) is 4.50. The molecule has 0 spiro atoms. The normalized spacial score (nSPS) is 14.5. The fourth-order valence-electron chi connectivity index (χ4n) is 3.09. The van der Waals surface area contributed by atoms with Crippen molar-refractivity contribution >= 4 is 23.3 Å². The third kappa shape index (κ3) is 3.41. The summed E-state index contributed by atoms with van der Waals surface area (Å²) in [5, 5.41) is 8.04. The molecular formula is C19H18ClN5O. The van der Waals surface area contributed by atoms with Crippen molar-refractivity contribution in [3.05, 3.63) is 65.4 Å². The second-order valence-corrected chi connectivity index (χ2v) is 6.61. The van der Waals surface area contributed by atoms with Crippen LogP contribution in [0.15, 0.2) is 54.9 Å². The number of aromatic nitrogens is 3. The van der Waals surface area contributed by atoms with Gasteiger partial charge < -0.3 is 9.80 Å². The standard InChI is InChI=1S/C19H18ClN5O/c20-16-5-1-3-14(11-16)19(26)25-9-7-24(8-10-25)18-12-17(22-23-18)15-4-2-6-21-13-15/h1-6,11-13H,7-10H2,(H,22,23). The SMILES string of the molecule is O=C(c1cccc(Cl)c1)N1CCN(c2cc(-c3cccnc3)[nH]n2)CC1. The van der Waals surface area contributed by atoms with Crippen LogP contribution < -0.4 is 4.90 Å². The number of halogens is 1. The highest BCUT2D eigenvalue weighted by atomic mass is 35.5. The molecule has 3 aromatic rings. The maximum Gasteiger partial charge on any atom is 0.254 e. The van der Waals surface area contributed by atoms with E-state index in [9.17, 15) is 4.79 Å². The van der Waals surface area contributed by atoms with Crippen LogP contribution in [0.25, 0.3) is 11.3 Å². The van der Waals surface area contributed by atoms with Gasteiger partial charge in [-0.05, 0) is 30.3 Å². The molecule has 0 unspecified atom stereocenters. The summed E-state index contributed by atoms with van der Waals surface area (Å²) in [4.78, 5) is 20.8. The zero-order chi connectivity index (χ0) is 17.9. The van der Waals surface area contributed by atoms with E-state index < -0.39 is 0 Å². The van der Waals surface area contributed by atoms with E-state index in [-0.39, 0.29) is 5.91 Å². The van der Waals surface area contributed by atoms with E-state index in [0.717, 1.165) is 30.2 Å². The Labute approximate surface area is 156 Å². The third-order valence-corrected chi connectivity index (χ3v) is 4.73. The number of carbonyl (C=O) groups is 1. The molecule has 7 heteroatoms. The largest absolute Gasteiger partial charge is 0.352 e. The highest BCUT2D eigenvalue weighted by Gasteiger charge is 2.23. The number of H-pyrrole nitrogens is 1. The number of nitrogens with one attached hydrogen (secondary N) is 1. The van der Waals surface area contributed by atoms with Crippen LogP contribution in [-0.2, 0) is 0 Å². The van der Waals surface area contributed by atoms with E-state index >= 15 is 0 Å². The first-order valence-corrected chi connectivity index (χ1v) is 8.84. The number of benzene rings is 1. The lowest BCUT2D eigenvalue weighted by molar-refractivity contribution is 0.0746. The molecule has 3 heterocycles. The van der Waals surface area contributed by atoms with Gasteiger partial charge in [-0.25, -0.2) is 0 Å². The smallest absolute Gasteiger partial charge is 0.254 e. The van der Waals surface area contributed by atoms with E-state index in [1.165, 1.54) is 0 Å². The van der Waals surface area contributed by atoms with Gasteiger partial charge in [-0.1, -0.05) is 17.7 Å². The topological polar surface area (TPSA) is 65.1 Å². The maximum atomic E-state index is 12.6. The number of piperazine rings is 1. The molecule has 1 aliphatic heterocycles. The molecular weight excluding hydrogens is 350 g/mol. The molecule has 1 aliphatic rings. The summed E-state index contributed by atoms with van der Waals surface area (Å²) in [6.45, 7) is 2.79. The van der Waals surface area contributed by atoms with E-state index in [2.05, 4.69) is 20.1 Å². The summed E-state index contributed by atoms with van der Waals surface area (Å²) < 4.78 is 0. The number of hydrogen-bond acceptors (Lipinski definition) is 4. The molecule has 2 aromatic heterocycles. The molecule has 26 heavy (non-hydrogen) atoms. The zero-order valence-corrected chi connectivity index (χ0v) is 14.9. The number of carbonyl (C=O) groups excluding carboxylic acids is 1. The molecule has 0 saturated carbocycles. The summed E-state index contributed by atoms with van der Waals surface area (Å²) in [5.41, 5.74) is 2.57. The second-order valence-electron chi connectivity index (χ2n) is 6.17. The fraction of sp³-hybridized carbons (Fsp3) is 0.211. The molecule has 1 amide bonds. The molecule has 0 radical (unpaired) electrons. The zero-order valence-electron chi connectivity index (χ0n) is 14.1. The minimum atomic E-state index is 0.0187. The average molecular weight is 368 g/mol. The van der Waals surface area contributed by atoms with Crippen LogP contribution in [0.2, 0.25) is 5.02 Å². The Morgan fingerprint density at radius 3 is 2.65 bits per heavy atom. The lowest BCUT2D eigenvalue weighted by Gasteiger charge is -2.34. The molecule has 1 aromatic carbocycles. The Bertz CT molecular complexity index is 903. The molecule has 0 bridgehead atoms. The molecule has 1 fully saturated rings. The van der Waals surface area contributed by atoms with Crippen LogP contribution in [-0.4, -0.2) is 52.2 Å². The van der Waals surface area contributed by atoms with Crippen molar-refractivity contribution in [2.24, 2.45) is 0 Å². The van der Waals surface area contributed by atoms with Crippen molar-refractivity contribution in [2.75, 3.05) is 31.1 Å². The van der Waals surface area contributed by atoms with Gasteiger partial charge in [-0.15, -0.1) is 0 Å².